The molecule has 1 aliphatic rings. The van der Waals surface area contributed by atoms with Gasteiger partial charge in [0.1, 0.15) is 0 Å². The second-order valence-electron chi connectivity index (χ2n) is 5.49. The number of hydrogen-bond acceptors (Lipinski definition) is 5. The van der Waals surface area contributed by atoms with Crippen LogP contribution in [0.4, 0.5) is 0 Å². The highest BCUT2D eigenvalue weighted by Gasteiger charge is 2.37. The average molecular weight is 282 g/mol. The molecule has 0 aromatic carbocycles. The van der Waals surface area contributed by atoms with Gasteiger partial charge in [0.15, 0.2) is 0 Å². The number of rotatable bonds is 8. The number of carbonyl (C=O) groups is 1. The van der Waals surface area contributed by atoms with E-state index in [2.05, 4.69) is 10.2 Å². The minimum absolute atomic E-state index is 0.184. The van der Waals surface area contributed by atoms with E-state index >= 15 is 0 Å². The molecule has 0 saturated heterocycles. The number of aromatic nitrogens is 2. The van der Waals surface area contributed by atoms with Crippen LogP contribution in [-0.2, 0) is 22.4 Å². The van der Waals surface area contributed by atoms with Gasteiger partial charge in [-0.2, -0.15) is 0 Å². The van der Waals surface area contributed by atoms with Crippen LogP contribution in [0.15, 0.2) is 4.42 Å². The maximum atomic E-state index is 11.0. The van der Waals surface area contributed by atoms with Gasteiger partial charge in [-0.05, 0) is 25.2 Å². The van der Waals surface area contributed by atoms with E-state index in [1.165, 1.54) is 0 Å². The monoisotopic (exact) mass is 282 g/mol. The second kappa shape index (κ2) is 6.83. The van der Waals surface area contributed by atoms with Crippen molar-refractivity contribution in [1.29, 1.82) is 0 Å². The molecule has 0 unspecified atom stereocenters. The van der Waals surface area contributed by atoms with Gasteiger partial charge < -0.3 is 14.3 Å². The molecule has 6 nitrogen and oxygen atoms in total. The molecule has 1 aliphatic carbocycles. The molecule has 0 aliphatic heterocycles. The van der Waals surface area contributed by atoms with E-state index in [0.717, 1.165) is 25.7 Å². The Bertz CT molecular complexity index is 438. The summed E-state index contributed by atoms with van der Waals surface area (Å²) in [7, 11) is 0. The number of carboxylic acids is 1. The van der Waals surface area contributed by atoms with Crippen LogP contribution in [0, 0.1) is 5.41 Å². The van der Waals surface area contributed by atoms with Crippen molar-refractivity contribution in [3.8, 4) is 0 Å². The van der Waals surface area contributed by atoms with Gasteiger partial charge >= 0.3 is 5.97 Å². The lowest BCUT2D eigenvalue weighted by Crippen LogP contribution is -2.24. The SMILES string of the molecule is CCOCCc1nnc(CC2(CC(=O)O)CCCC2)o1. The highest BCUT2D eigenvalue weighted by Crippen LogP contribution is 2.43. The summed E-state index contributed by atoms with van der Waals surface area (Å²) in [6, 6.07) is 0. The summed E-state index contributed by atoms with van der Waals surface area (Å²) in [5.41, 5.74) is -0.199. The van der Waals surface area contributed by atoms with E-state index in [1.54, 1.807) is 0 Å². The molecule has 1 N–H and O–H groups in total. The highest BCUT2D eigenvalue weighted by atomic mass is 16.5. The van der Waals surface area contributed by atoms with E-state index in [4.69, 9.17) is 14.3 Å². The number of nitrogens with zero attached hydrogens (tertiary/aromatic N) is 2. The third kappa shape index (κ3) is 4.03. The Hall–Kier alpha value is -1.43. The Morgan fingerprint density at radius 2 is 2.05 bits per heavy atom. The van der Waals surface area contributed by atoms with Crippen LogP contribution in [0.1, 0.15) is 50.8 Å². The summed E-state index contributed by atoms with van der Waals surface area (Å²) in [6.07, 6.45) is 5.38. The van der Waals surface area contributed by atoms with E-state index in [0.29, 0.717) is 37.8 Å². The Labute approximate surface area is 118 Å². The molecule has 0 atom stereocenters. The molecule has 0 amide bonds. The normalized spacial score (nSPS) is 17.4. The summed E-state index contributed by atoms with van der Waals surface area (Å²) in [5.74, 6) is 0.375. The lowest BCUT2D eigenvalue weighted by molar-refractivity contribution is -0.139. The molecule has 0 radical (unpaired) electrons. The largest absolute Gasteiger partial charge is 0.481 e. The molecule has 1 saturated carbocycles. The molecule has 1 fully saturated rings. The first-order chi connectivity index (χ1) is 9.63. The van der Waals surface area contributed by atoms with Crippen LogP contribution in [0.5, 0.6) is 0 Å². The summed E-state index contributed by atoms with van der Waals surface area (Å²) >= 11 is 0. The van der Waals surface area contributed by atoms with Gasteiger partial charge in [-0.25, -0.2) is 0 Å². The number of carboxylic acid groups (broad SMARTS) is 1. The van der Waals surface area contributed by atoms with Crippen LogP contribution in [0.25, 0.3) is 0 Å². The van der Waals surface area contributed by atoms with Gasteiger partial charge in [0.25, 0.3) is 0 Å². The maximum absolute atomic E-state index is 11.0. The molecule has 2 rings (SSSR count). The van der Waals surface area contributed by atoms with Crippen molar-refractivity contribution in [3.05, 3.63) is 11.8 Å². The number of hydrogen-bond donors (Lipinski definition) is 1. The predicted octanol–water partition coefficient (Wildman–Crippen LogP) is 2.23. The Morgan fingerprint density at radius 1 is 1.35 bits per heavy atom. The van der Waals surface area contributed by atoms with Crippen molar-refractivity contribution < 1.29 is 19.1 Å². The Kier molecular flexibility index (Phi) is 5.11. The fraction of sp³-hybridized carbons (Fsp3) is 0.786. The first kappa shape index (κ1) is 15.0. The molecule has 1 aromatic heterocycles. The zero-order chi connectivity index (χ0) is 14.4. The van der Waals surface area contributed by atoms with E-state index in [-0.39, 0.29) is 11.8 Å². The quantitative estimate of drug-likeness (QED) is 0.736. The predicted molar refractivity (Wildman–Crippen MR) is 71.4 cm³/mol. The topological polar surface area (TPSA) is 85.5 Å². The summed E-state index contributed by atoms with van der Waals surface area (Å²) in [4.78, 5) is 11.0. The summed E-state index contributed by atoms with van der Waals surface area (Å²) in [5, 5.41) is 17.1. The zero-order valence-electron chi connectivity index (χ0n) is 11.9. The van der Waals surface area contributed by atoms with Gasteiger partial charge in [0.2, 0.25) is 11.8 Å². The summed E-state index contributed by atoms with van der Waals surface area (Å²) in [6.45, 7) is 3.18. The minimum Gasteiger partial charge on any atom is -0.481 e. The molecule has 1 aromatic rings. The van der Waals surface area contributed by atoms with Crippen LogP contribution < -0.4 is 0 Å². The molecular formula is C14H22N2O4. The lowest BCUT2D eigenvalue weighted by Gasteiger charge is -2.24. The minimum atomic E-state index is -0.747. The number of aliphatic carboxylic acids is 1. The van der Waals surface area contributed by atoms with E-state index in [1.807, 2.05) is 6.92 Å². The zero-order valence-corrected chi connectivity index (χ0v) is 11.9. The Balaban J connectivity index is 1.95. The van der Waals surface area contributed by atoms with Gasteiger partial charge in [-0.3, -0.25) is 4.79 Å². The number of ether oxygens (including phenoxy) is 1. The van der Waals surface area contributed by atoms with E-state index < -0.39 is 5.97 Å². The average Bonchev–Trinajstić information content (AvgIpc) is 3.00. The summed E-state index contributed by atoms with van der Waals surface area (Å²) < 4.78 is 10.9. The van der Waals surface area contributed by atoms with Crippen molar-refractivity contribution >= 4 is 5.97 Å². The standard InChI is InChI=1S/C14H22N2O4/c1-2-19-8-5-11-15-16-12(20-11)9-14(10-13(17)18)6-3-4-7-14/h2-10H2,1H3,(H,17,18). The van der Waals surface area contributed by atoms with Crippen molar-refractivity contribution in [1.82, 2.24) is 10.2 Å². The van der Waals surface area contributed by atoms with Crippen molar-refractivity contribution in [2.75, 3.05) is 13.2 Å². The Morgan fingerprint density at radius 3 is 2.70 bits per heavy atom. The van der Waals surface area contributed by atoms with Crippen LogP contribution in [0.2, 0.25) is 0 Å². The van der Waals surface area contributed by atoms with Gasteiger partial charge in [-0.1, -0.05) is 12.8 Å². The third-order valence-corrected chi connectivity index (χ3v) is 3.89. The van der Waals surface area contributed by atoms with E-state index in [9.17, 15) is 4.79 Å². The third-order valence-electron chi connectivity index (χ3n) is 3.89. The molecule has 112 valence electrons. The van der Waals surface area contributed by atoms with Crippen LogP contribution >= 0.6 is 0 Å². The van der Waals surface area contributed by atoms with Gasteiger partial charge in [-0.15, -0.1) is 10.2 Å². The second-order valence-corrected chi connectivity index (χ2v) is 5.49. The maximum Gasteiger partial charge on any atom is 0.303 e. The van der Waals surface area contributed by atoms with Crippen molar-refractivity contribution in [3.63, 3.8) is 0 Å². The molecular weight excluding hydrogens is 260 g/mol. The highest BCUT2D eigenvalue weighted by molar-refractivity contribution is 5.67. The molecule has 6 heteroatoms. The molecule has 0 spiro atoms. The van der Waals surface area contributed by atoms with Gasteiger partial charge in [0.05, 0.1) is 13.0 Å². The smallest absolute Gasteiger partial charge is 0.303 e. The first-order valence-corrected chi connectivity index (χ1v) is 7.24. The molecule has 1 heterocycles. The lowest BCUT2D eigenvalue weighted by atomic mass is 9.79. The fourth-order valence-electron chi connectivity index (χ4n) is 2.95. The van der Waals surface area contributed by atoms with Gasteiger partial charge in [0, 0.05) is 19.4 Å². The van der Waals surface area contributed by atoms with Crippen LogP contribution in [-0.4, -0.2) is 34.5 Å². The molecule has 0 bridgehead atoms. The van der Waals surface area contributed by atoms with Crippen molar-refractivity contribution in [2.45, 2.75) is 51.9 Å². The molecule has 20 heavy (non-hydrogen) atoms. The van der Waals surface area contributed by atoms with Crippen LogP contribution in [0.3, 0.4) is 0 Å². The first-order valence-electron chi connectivity index (χ1n) is 7.24. The van der Waals surface area contributed by atoms with Crippen molar-refractivity contribution in [2.24, 2.45) is 5.41 Å². The fourth-order valence-corrected chi connectivity index (χ4v) is 2.95.